The second-order valence-corrected chi connectivity index (χ2v) is 6.40. The van der Waals surface area contributed by atoms with Gasteiger partial charge in [0.25, 0.3) is 5.91 Å². The SMILES string of the molecule is Cc1nc2ccc(Cl)cc2cc1C(=O)NCc1cccnc1-n1cncn1. The van der Waals surface area contributed by atoms with Gasteiger partial charge in [-0.1, -0.05) is 17.7 Å². The number of benzene rings is 1. The minimum Gasteiger partial charge on any atom is -0.348 e. The predicted molar refractivity (Wildman–Crippen MR) is 102 cm³/mol. The first-order valence-corrected chi connectivity index (χ1v) is 8.63. The number of hydrogen-bond donors (Lipinski definition) is 1. The Morgan fingerprint density at radius 3 is 2.96 bits per heavy atom. The standard InChI is InChI=1S/C19H15ClN6O/c1-12-16(8-14-7-15(20)4-5-17(14)25-12)19(27)23-9-13-3-2-6-22-18(13)26-11-21-10-24-26/h2-8,10-11H,9H2,1H3,(H,23,27). The molecule has 0 aliphatic carbocycles. The second-order valence-electron chi connectivity index (χ2n) is 5.97. The summed E-state index contributed by atoms with van der Waals surface area (Å²) < 4.78 is 1.56. The number of rotatable bonds is 4. The van der Waals surface area contributed by atoms with Gasteiger partial charge < -0.3 is 5.32 Å². The van der Waals surface area contributed by atoms with Crippen LogP contribution in [0.25, 0.3) is 16.7 Å². The molecule has 1 amide bonds. The minimum absolute atomic E-state index is 0.213. The van der Waals surface area contributed by atoms with Gasteiger partial charge in [0, 0.05) is 28.7 Å². The van der Waals surface area contributed by atoms with E-state index < -0.39 is 0 Å². The Kier molecular flexibility index (Phi) is 4.52. The highest BCUT2D eigenvalue weighted by Crippen LogP contribution is 2.21. The van der Waals surface area contributed by atoms with Gasteiger partial charge in [-0.25, -0.2) is 14.6 Å². The fourth-order valence-corrected chi connectivity index (χ4v) is 3.02. The number of nitrogens with one attached hydrogen (secondary N) is 1. The molecular formula is C19H15ClN6O. The molecule has 1 N–H and O–H groups in total. The third kappa shape index (κ3) is 3.50. The number of halogens is 1. The smallest absolute Gasteiger partial charge is 0.253 e. The molecule has 27 heavy (non-hydrogen) atoms. The summed E-state index contributed by atoms with van der Waals surface area (Å²) in [4.78, 5) is 25.5. The van der Waals surface area contributed by atoms with E-state index in [0.717, 1.165) is 16.5 Å². The molecular weight excluding hydrogens is 364 g/mol. The predicted octanol–water partition coefficient (Wildman–Crippen LogP) is 3.10. The van der Waals surface area contributed by atoms with E-state index >= 15 is 0 Å². The number of hydrogen-bond acceptors (Lipinski definition) is 5. The van der Waals surface area contributed by atoms with Crippen molar-refractivity contribution in [1.29, 1.82) is 0 Å². The van der Waals surface area contributed by atoms with E-state index in [1.807, 2.05) is 25.1 Å². The summed E-state index contributed by atoms with van der Waals surface area (Å²) in [5.74, 6) is 0.408. The Balaban J connectivity index is 1.59. The molecule has 0 bridgehead atoms. The van der Waals surface area contributed by atoms with Crippen LogP contribution >= 0.6 is 11.6 Å². The van der Waals surface area contributed by atoms with Crippen molar-refractivity contribution in [3.05, 3.63) is 77.1 Å². The number of aromatic nitrogens is 5. The van der Waals surface area contributed by atoms with Crippen LogP contribution in [-0.4, -0.2) is 30.6 Å². The molecule has 0 atom stereocenters. The molecule has 3 heterocycles. The number of nitrogens with zero attached hydrogens (tertiary/aromatic N) is 5. The summed E-state index contributed by atoms with van der Waals surface area (Å²) in [7, 11) is 0. The van der Waals surface area contributed by atoms with Crippen molar-refractivity contribution in [3.8, 4) is 5.82 Å². The molecule has 0 unspecified atom stereocenters. The first kappa shape index (κ1) is 17.1. The quantitative estimate of drug-likeness (QED) is 0.589. The highest BCUT2D eigenvalue weighted by Gasteiger charge is 2.13. The summed E-state index contributed by atoms with van der Waals surface area (Å²) in [6, 6.07) is 10.9. The van der Waals surface area contributed by atoms with Crippen LogP contribution in [-0.2, 0) is 6.54 Å². The van der Waals surface area contributed by atoms with Crippen molar-refractivity contribution in [3.63, 3.8) is 0 Å². The van der Waals surface area contributed by atoms with E-state index in [1.54, 1.807) is 35.4 Å². The van der Waals surface area contributed by atoms with E-state index in [-0.39, 0.29) is 5.91 Å². The molecule has 8 heteroatoms. The van der Waals surface area contributed by atoms with Gasteiger partial charge >= 0.3 is 0 Å². The van der Waals surface area contributed by atoms with Crippen molar-refractivity contribution < 1.29 is 4.79 Å². The molecule has 7 nitrogen and oxygen atoms in total. The van der Waals surface area contributed by atoms with Gasteiger partial charge in [0.2, 0.25) is 0 Å². The highest BCUT2D eigenvalue weighted by atomic mass is 35.5. The van der Waals surface area contributed by atoms with E-state index in [2.05, 4.69) is 25.4 Å². The molecule has 0 saturated heterocycles. The Hall–Kier alpha value is -3.32. The summed E-state index contributed by atoms with van der Waals surface area (Å²) in [6.07, 6.45) is 4.67. The molecule has 4 rings (SSSR count). The molecule has 0 saturated carbocycles. The number of fused-ring (bicyclic) bond motifs is 1. The van der Waals surface area contributed by atoms with E-state index in [1.165, 1.54) is 6.33 Å². The summed E-state index contributed by atoms with van der Waals surface area (Å²) in [5.41, 5.74) is 2.79. The number of carbonyl (C=O) groups excluding carboxylic acids is 1. The van der Waals surface area contributed by atoms with E-state index in [0.29, 0.717) is 28.6 Å². The van der Waals surface area contributed by atoms with Gasteiger partial charge in [-0.2, -0.15) is 5.10 Å². The maximum Gasteiger partial charge on any atom is 0.253 e. The second kappa shape index (κ2) is 7.13. The Labute approximate surface area is 160 Å². The van der Waals surface area contributed by atoms with E-state index in [4.69, 9.17) is 11.6 Å². The van der Waals surface area contributed by atoms with Crippen LogP contribution in [0.3, 0.4) is 0 Å². The molecule has 1 aromatic carbocycles. The van der Waals surface area contributed by atoms with Gasteiger partial charge in [-0.05, 0) is 37.3 Å². The van der Waals surface area contributed by atoms with Crippen molar-refractivity contribution in [2.45, 2.75) is 13.5 Å². The fourth-order valence-electron chi connectivity index (χ4n) is 2.84. The van der Waals surface area contributed by atoms with Crippen molar-refractivity contribution in [1.82, 2.24) is 30.0 Å². The van der Waals surface area contributed by atoms with Crippen molar-refractivity contribution in [2.24, 2.45) is 0 Å². The normalized spacial score (nSPS) is 10.9. The number of pyridine rings is 2. The zero-order valence-electron chi connectivity index (χ0n) is 14.4. The molecule has 0 aliphatic heterocycles. The molecule has 4 aromatic rings. The first-order chi connectivity index (χ1) is 13.1. The van der Waals surface area contributed by atoms with Crippen LogP contribution in [0.15, 0.2) is 55.2 Å². The lowest BCUT2D eigenvalue weighted by Gasteiger charge is -2.11. The number of aryl methyl sites for hydroxylation is 1. The van der Waals surface area contributed by atoms with Crippen molar-refractivity contribution >= 4 is 28.4 Å². The molecule has 0 fully saturated rings. The minimum atomic E-state index is -0.213. The third-order valence-electron chi connectivity index (χ3n) is 4.15. The maximum absolute atomic E-state index is 12.7. The van der Waals surface area contributed by atoms with Crippen LogP contribution in [0.4, 0.5) is 0 Å². The van der Waals surface area contributed by atoms with Gasteiger partial charge in [0.1, 0.15) is 12.7 Å². The molecule has 0 radical (unpaired) electrons. The number of amides is 1. The lowest BCUT2D eigenvalue weighted by atomic mass is 10.1. The van der Waals surface area contributed by atoms with E-state index in [9.17, 15) is 4.79 Å². The Morgan fingerprint density at radius 2 is 2.15 bits per heavy atom. The highest BCUT2D eigenvalue weighted by molar-refractivity contribution is 6.31. The summed E-state index contributed by atoms with van der Waals surface area (Å²) in [6.45, 7) is 2.11. The van der Waals surface area contributed by atoms with Gasteiger partial charge in [-0.15, -0.1) is 0 Å². The molecule has 3 aromatic heterocycles. The molecule has 134 valence electrons. The van der Waals surface area contributed by atoms with Gasteiger partial charge in [0.15, 0.2) is 5.82 Å². The average molecular weight is 379 g/mol. The average Bonchev–Trinajstić information content (AvgIpc) is 3.21. The van der Waals surface area contributed by atoms with Crippen LogP contribution in [0, 0.1) is 6.92 Å². The van der Waals surface area contributed by atoms with Gasteiger partial charge in [0.05, 0.1) is 16.8 Å². The summed E-state index contributed by atoms with van der Waals surface area (Å²) in [5, 5.41) is 8.45. The lowest BCUT2D eigenvalue weighted by Crippen LogP contribution is -2.25. The molecule has 0 aliphatic rings. The number of carbonyl (C=O) groups is 1. The third-order valence-corrected chi connectivity index (χ3v) is 4.39. The zero-order valence-corrected chi connectivity index (χ0v) is 15.2. The summed E-state index contributed by atoms with van der Waals surface area (Å²) >= 11 is 6.05. The van der Waals surface area contributed by atoms with Crippen molar-refractivity contribution in [2.75, 3.05) is 0 Å². The topological polar surface area (TPSA) is 85.6 Å². The largest absolute Gasteiger partial charge is 0.348 e. The first-order valence-electron chi connectivity index (χ1n) is 8.26. The fraction of sp³-hybridized carbons (Fsp3) is 0.105. The maximum atomic E-state index is 12.7. The molecule has 0 spiro atoms. The van der Waals surface area contributed by atoms with Crippen LogP contribution < -0.4 is 5.32 Å². The zero-order chi connectivity index (χ0) is 18.8. The van der Waals surface area contributed by atoms with Crippen LogP contribution in [0.1, 0.15) is 21.6 Å². The van der Waals surface area contributed by atoms with Crippen LogP contribution in [0.2, 0.25) is 5.02 Å². The van der Waals surface area contributed by atoms with Crippen LogP contribution in [0.5, 0.6) is 0 Å². The Morgan fingerprint density at radius 1 is 1.26 bits per heavy atom. The van der Waals surface area contributed by atoms with Gasteiger partial charge in [-0.3, -0.25) is 9.78 Å². The Bertz CT molecular complexity index is 1130. The monoisotopic (exact) mass is 378 g/mol. The lowest BCUT2D eigenvalue weighted by molar-refractivity contribution is 0.0950.